The van der Waals surface area contributed by atoms with Crippen LogP contribution < -0.4 is 0 Å². The Bertz CT molecular complexity index is 565. The Morgan fingerprint density at radius 3 is 2.54 bits per heavy atom. The largest absolute Gasteiger partial charge is 0.460 e. The van der Waals surface area contributed by atoms with Crippen LogP contribution in [0.2, 0.25) is 0 Å². The van der Waals surface area contributed by atoms with Gasteiger partial charge in [-0.2, -0.15) is 8.42 Å². The summed E-state index contributed by atoms with van der Waals surface area (Å²) >= 11 is 16.8. The first-order valence-electron chi connectivity index (χ1n) is 7.78. The number of fused-ring (bicyclic) bond motifs is 1. The molecule has 0 aromatic rings. The fourth-order valence-corrected chi connectivity index (χ4v) is 4.54. The number of carbonyl (C=O) groups excluding carboxylic acids is 1. The summed E-state index contributed by atoms with van der Waals surface area (Å²) in [6.45, 7) is 0.361. The average Bonchev–Trinajstić information content (AvgIpc) is 2.42. The lowest BCUT2D eigenvalue weighted by Gasteiger charge is -2.46. The van der Waals surface area contributed by atoms with Crippen LogP contribution in [-0.4, -0.2) is 61.7 Å². The monoisotopic (exact) mass is 421 g/mol. The Labute approximate surface area is 157 Å². The van der Waals surface area contributed by atoms with Crippen molar-refractivity contribution in [2.24, 2.45) is 11.8 Å². The summed E-state index contributed by atoms with van der Waals surface area (Å²) in [7, 11) is -1.69. The van der Waals surface area contributed by atoms with Gasteiger partial charge in [0, 0.05) is 6.54 Å². The molecule has 1 heterocycles. The van der Waals surface area contributed by atoms with Crippen molar-refractivity contribution < 1.29 is 22.1 Å². The number of hydrogen-bond donors (Lipinski definition) is 0. The maximum Gasteiger partial charge on any atom is 0.323 e. The summed E-state index contributed by atoms with van der Waals surface area (Å²) in [5.74, 6) is -0.173. The molecule has 1 aliphatic carbocycles. The number of alkyl halides is 3. The molecular formula is C14H22Cl3NO5S. The number of nitrogens with zero attached hydrogens (tertiary/aromatic N) is 1. The van der Waals surface area contributed by atoms with Crippen molar-refractivity contribution in [3.05, 3.63) is 0 Å². The summed E-state index contributed by atoms with van der Waals surface area (Å²) < 4.78 is 31.7. The van der Waals surface area contributed by atoms with Crippen molar-refractivity contribution >= 4 is 50.9 Å². The van der Waals surface area contributed by atoms with Crippen LogP contribution in [0.15, 0.2) is 0 Å². The molecule has 1 saturated carbocycles. The molecule has 0 N–H and O–H groups in total. The van der Waals surface area contributed by atoms with Crippen LogP contribution in [0.3, 0.4) is 0 Å². The van der Waals surface area contributed by atoms with E-state index in [-0.39, 0.29) is 12.5 Å². The van der Waals surface area contributed by atoms with Crippen molar-refractivity contribution in [3.63, 3.8) is 0 Å². The van der Waals surface area contributed by atoms with Gasteiger partial charge >= 0.3 is 5.97 Å². The Hall–Kier alpha value is 0.210. The molecule has 2 fully saturated rings. The summed E-state index contributed by atoms with van der Waals surface area (Å²) in [4.78, 5) is 14.2. The highest BCUT2D eigenvalue weighted by Gasteiger charge is 2.44. The molecule has 6 nitrogen and oxygen atoms in total. The van der Waals surface area contributed by atoms with Crippen molar-refractivity contribution in [2.75, 3.05) is 26.5 Å². The lowest BCUT2D eigenvalue weighted by atomic mass is 9.71. The molecule has 24 heavy (non-hydrogen) atoms. The van der Waals surface area contributed by atoms with E-state index in [1.165, 1.54) is 0 Å². The van der Waals surface area contributed by atoms with E-state index in [1.54, 1.807) is 0 Å². The third-order valence-corrected chi connectivity index (χ3v) is 5.57. The van der Waals surface area contributed by atoms with E-state index in [2.05, 4.69) is 0 Å². The molecule has 0 spiro atoms. The second-order valence-corrected chi connectivity index (χ2v) is 10.7. The maximum absolute atomic E-state index is 12.3. The van der Waals surface area contributed by atoms with Gasteiger partial charge in [0.1, 0.15) is 12.6 Å². The number of ether oxygens (including phenoxy) is 1. The minimum atomic E-state index is -3.54. The second-order valence-electron chi connectivity index (χ2n) is 6.61. The molecular weight excluding hydrogens is 401 g/mol. The zero-order chi connectivity index (χ0) is 18.1. The van der Waals surface area contributed by atoms with E-state index in [9.17, 15) is 13.2 Å². The van der Waals surface area contributed by atoms with Crippen molar-refractivity contribution in [3.8, 4) is 0 Å². The number of hydrogen-bond acceptors (Lipinski definition) is 6. The van der Waals surface area contributed by atoms with Gasteiger partial charge in [-0.25, -0.2) is 0 Å². The fraction of sp³-hybridized carbons (Fsp3) is 0.929. The summed E-state index contributed by atoms with van der Waals surface area (Å²) in [5, 5.41) is 0. The zero-order valence-electron chi connectivity index (χ0n) is 13.6. The van der Waals surface area contributed by atoms with Gasteiger partial charge in [-0.05, 0) is 38.1 Å². The minimum absolute atomic E-state index is 0.00464. The second kappa shape index (κ2) is 7.84. The SMILES string of the molecule is CN1C[C@H]2CCCC(OS(C)(=O)=O)[C@H]2C[C@H]1C(=O)OCC(Cl)(Cl)Cl. The van der Waals surface area contributed by atoms with E-state index in [4.69, 9.17) is 43.7 Å². The first-order chi connectivity index (χ1) is 11.0. The van der Waals surface area contributed by atoms with Crippen LogP contribution in [0.5, 0.6) is 0 Å². The number of esters is 1. The smallest absolute Gasteiger partial charge is 0.323 e. The van der Waals surface area contributed by atoms with E-state index in [0.29, 0.717) is 25.3 Å². The predicted molar refractivity (Wildman–Crippen MR) is 92.8 cm³/mol. The molecule has 4 atom stereocenters. The third kappa shape index (κ3) is 5.88. The zero-order valence-corrected chi connectivity index (χ0v) is 16.7. The molecule has 0 aromatic carbocycles. The normalized spacial score (nSPS) is 32.2. The standard InChI is InChI=1S/C14H22Cl3NO5S/c1-18-7-9-4-3-5-12(23-24(2,20)21)10(9)6-11(18)13(19)22-8-14(15,16)17/h9-12H,3-8H2,1-2H3/t9-,10+,11+,12?/m1/s1. The molecule has 0 aromatic heterocycles. The van der Waals surface area contributed by atoms with Gasteiger partial charge in [0.05, 0.1) is 12.4 Å². The minimum Gasteiger partial charge on any atom is -0.460 e. The lowest BCUT2D eigenvalue weighted by Crippen LogP contribution is -2.54. The number of piperidine rings is 1. The van der Waals surface area contributed by atoms with Gasteiger partial charge in [0.15, 0.2) is 0 Å². The summed E-state index contributed by atoms with van der Waals surface area (Å²) in [5.41, 5.74) is 0. The van der Waals surface area contributed by atoms with E-state index >= 15 is 0 Å². The molecule has 140 valence electrons. The van der Waals surface area contributed by atoms with Crippen LogP contribution in [0.4, 0.5) is 0 Å². The molecule has 2 rings (SSSR count). The van der Waals surface area contributed by atoms with Gasteiger partial charge in [0.25, 0.3) is 10.1 Å². The predicted octanol–water partition coefficient (Wildman–Crippen LogP) is 2.37. The average molecular weight is 423 g/mol. The molecule has 1 aliphatic heterocycles. The van der Waals surface area contributed by atoms with E-state index in [0.717, 1.165) is 19.1 Å². The molecule has 0 bridgehead atoms. The Balaban J connectivity index is 2.06. The number of likely N-dealkylation sites (N-methyl/N-ethyl adjacent to an activating group) is 1. The summed E-state index contributed by atoms with van der Waals surface area (Å²) in [6, 6.07) is -0.498. The highest BCUT2D eigenvalue weighted by Crippen LogP contribution is 2.40. The van der Waals surface area contributed by atoms with Crippen LogP contribution in [-0.2, 0) is 23.8 Å². The molecule has 1 unspecified atom stereocenters. The number of halogens is 3. The van der Waals surface area contributed by atoms with Gasteiger partial charge in [-0.15, -0.1) is 0 Å². The molecule has 2 aliphatic rings. The Morgan fingerprint density at radius 1 is 1.29 bits per heavy atom. The van der Waals surface area contributed by atoms with Crippen LogP contribution >= 0.6 is 34.8 Å². The third-order valence-electron chi connectivity index (χ3n) is 4.65. The molecule has 0 amide bonds. The molecule has 0 radical (unpaired) electrons. The first-order valence-corrected chi connectivity index (χ1v) is 10.7. The van der Waals surface area contributed by atoms with Gasteiger partial charge in [0.2, 0.25) is 3.79 Å². The van der Waals surface area contributed by atoms with Gasteiger partial charge in [-0.3, -0.25) is 13.9 Å². The van der Waals surface area contributed by atoms with Crippen molar-refractivity contribution in [1.29, 1.82) is 0 Å². The van der Waals surface area contributed by atoms with Crippen LogP contribution in [0, 0.1) is 11.8 Å². The Morgan fingerprint density at radius 2 is 1.96 bits per heavy atom. The fourth-order valence-electron chi connectivity index (χ4n) is 3.69. The first kappa shape index (κ1) is 20.5. The van der Waals surface area contributed by atoms with E-state index < -0.39 is 32.0 Å². The Kier molecular flexibility index (Phi) is 6.71. The van der Waals surface area contributed by atoms with Gasteiger partial charge in [-0.1, -0.05) is 41.2 Å². The number of likely N-dealkylation sites (tertiary alicyclic amines) is 1. The lowest BCUT2D eigenvalue weighted by molar-refractivity contribution is -0.154. The van der Waals surface area contributed by atoms with Crippen LogP contribution in [0.25, 0.3) is 0 Å². The molecule has 1 saturated heterocycles. The highest BCUT2D eigenvalue weighted by atomic mass is 35.6. The number of rotatable bonds is 4. The highest BCUT2D eigenvalue weighted by molar-refractivity contribution is 7.86. The van der Waals surface area contributed by atoms with Crippen molar-refractivity contribution in [2.45, 2.75) is 41.6 Å². The van der Waals surface area contributed by atoms with Crippen molar-refractivity contribution in [1.82, 2.24) is 4.90 Å². The quantitative estimate of drug-likeness (QED) is 0.393. The van der Waals surface area contributed by atoms with Crippen LogP contribution in [0.1, 0.15) is 25.7 Å². The van der Waals surface area contributed by atoms with Gasteiger partial charge < -0.3 is 4.74 Å². The summed E-state index contributed by atoms with van der Waals surface area (Å²) in [6.07, 6.45) is 3.72. The maximum atomic E-state index is 12.3. The topological polar surface area (TPSA) is 72.9 Å². The molecule has 10 heteroatoms. The van der Waals surface area contributed by atoms with E-state index in [1.807, 2.05) is 11.9 Å². The number of carbonyl (C=O) groups is 1.